The molecule has 7 nitrogen and oxygen atoms in total. The molecule has 1 N–H and O–H groups in total. The van der Waals surface area contributed by atoms with E-state index < -0.39 is 11.9 Å². The normalized spacial score (nSPS) is 11.9. The lowest BCUT2D eigenvalue weighted by Gasteiger charge is -2.15. The highest BCUT2D eigenvalue weighted by Crippen LogP contribution is 2.33. The number of anilines is 1. The Bertz CT molecular complexity index is 1380. The summed E-state index contributed by atoms with van der Waals surface area (Å²) in [4.78, 5) is 16.9. The molecule has 0 radical (unpaired) electrons. The number of ether oxygens (including phenoxy) is 1. The number of thioether (sulfide) groups is 1. The lowest BCUT2D eigenvalue weighted by molar-refractivity contribution is -0.113. The van der Waals surface area contributed by atoms with E-state index in [4.69, 9.17) is 39.5 Å². The minimum Gasteiger partial charge on any atom is -0.481 e. The van der Waals surface area contributed by atoms with E-state index >= 15 is 0 Å². The van der Waals surface area contributed by atoms with Crippen LogP contribution in [0.25, 0.3) is 11.3 Å². The maximum absolute atomic E-state index is 13.3. The van der Waals surface area contributed by atoms with Crippen LogP contribution in [0.3, 0.4) is 0 Å². The molecule has 0 aliphatic carbocycles. The molecule has 1 amide bonds. The Morgan fingerprint density at radius 2 is 2.00 bits per heavy atom. The average molecular weight is 573 g/mol. The van der Waals surface area contributed by atoms with Gasteiger partial charge in [0.2, 0.25) is 5.91 Å². The number of halogens is 4. The van der Waals surface area contributed by atoms with Crippen molar-refractivity contribution in [3.63, 3.8) is 0 Å². The van der Waals surface area contributed by atoms with Gasteiger partial charge in [-0.25, -0.2) is 9.37 Å². The van der Waals surface area contributed by atoms with Crippen LogP contribution < -0.4 is 10.1 Å². The number of amides is 1. The lowest BCUT2D eigenvalue weighted by Crippen LogP contribution is -2.14. The van der Waals surface area contributed by atoms with Gasteiger partial charge in [-0.1, -0.05) is 46.6 Å². The van der Waals surface area contributed by atoms with Gasteiger partial charge in [0.15, 0.2) is 22.2 Å². The number of nitrogens with one attached hydrogen (secondary N) is 1. The highest BCUT2D eigenvalue weighted by atomic mass is 35.5. The molecule has 4 rings (SSSR count). The van der Waals surface area contributed by atoms with E-state index in [2.05, 4.69) is 20.5 Å². The first-order valence-corrected chi connectivity index (χ1v) is 13.1. The zero-order valence-corrected chi connectivity index (χ0v) is 22.2. The third-order valence-corrected chi connectivity index (χ3v) is 7.34. The molecule has 1 atom stereocenters. The summed E-state index contributed by atoms with van der Waals surface area (Å²) in [6.07, 6.45) is -0.507. The fraction of sp³-hybridized carbons (Fsp3) is 0.182. The second-order valence-electron chi connectivity index (χ2n) is 7.23. The van der Waals surface area contributed by atoms with Crippen LogP contribution in [0, 0.1) is 5.82 Å². The van der Waals surface area contributed by atoms with Crippen molar-refractivity contribution >= 4 is 68.9 Å². The van der Waals surface area contributed by atoms with Crippen molar-refractivity contribution in [2.45, 2.75) is 18.2 Å². The van der Waals surface area contributed by atoms with Crippen molar-refractivity contribution in [2.24, 2.45) is 7.05 Å². The summed E-state index contributed by atoms with van der Waals surface area (Å²) >= 11 is 20.7. The van der Waals surface area contributed by atoms with Crippen LogP contribution in [0.5, 0.6) is 5.75 Å². The molecule has 2 aromatic heterocycles. The molecular weight excluding hydrogens is 556 g/mol. The Kier molecular flexibility index (Phi) is 8.18. The van der Waals surface area contributed by atoms with E-state index in [-0.39, 0.29) is 16.7 Å². The topological polar surface area (TPSA) is 81.9 Å². The highest BCUT2D eigenvalue weighted by molar-refractivity contribution is 7.99. The van der Waals surface area contributed by atoms with Crippen molar-refractivity contribution in [1.29, 1.82) is 0 Å². The smallest absolute Gasteiger partial charge is 0.236 e. The predicted octanol–water partition coefficient (Wildman–Crippen LogP) is 6.91. The van der Waals surface area contributed by atoms with Crippen molar-refractivity contribution < 1.29 is 13.9 Å². The van der Waals surface area contributed by atoms with Crippen LogP contribution in [0.4, 0.5) is 9.52 Å². The van der Waals surface area contributed by atoms with Crippen LogP contribution in [0.1, 0.15) is 18.9 Å². The summed E-state index contributed by atoms with van der Waals surface area (Å²) in [5.41, 5.74) is 1.37. The molecule has 0 aliphatic rings. The summed E-state index contributed by atoms with van der Waals surface area (Å²) in [7, 11) is 1.77. The van der Waals surface area contributed by atoms with Crippen molar-refractivity contribution in [3.8, 4) is 17.0 Å². The first-order chi connectivity index (χ1) is 16.7. The monoisotopic (exact) mass is 571 g/mol. The van der Waals surface area contributed by atoms with Crippen molar-refractivity contribution in [1.82, 2.24) is 19.7 Å². The van der Waals surface area contributed by atoms with Crippen LogP contribution in [0.2, 0.25) is 15.1 Å². The molecule has 182 valence electrons. The van der Waals surface area contributed by atoms with Gasteiger partial charge in [0.1, 0.15) is 11.6 Å². The Hall–Kier alpha value is -2.37. The van der Waals surface area contributed by atoms with Gasteiger partial charge in [-0.3, -0.25) is 4.79 Å². The van der Waals surface area contributed by atoms with Crippen LogP contribution in [0.15, 0.2) is 46.9 Å². The van der Waals surface area contributed by atoms with Gasteiger partial charge in [-0.15, -0.1) is 21.5 Å². The van der Waals surface area contributed by atoms with Gasteiger partial charge < -0.3 is 14.6 Å². The van der Waals surface area contributed by atoms with Gasteiger partial charge in [0, 0.05) is 23.0 Å². The highest BCUT2D eigenvalue weighted by Gasteiger charge is 2.19. The van der Waals surface area contributed by atoms with Crippen molar-refractivity contribution in [2.75, 3.05) is 11.1 Å². The molecule has 35 heavy (non-hydrogen) atoms. The number of nitrogens with zero attached hydrogens (tertiary/aromatic N) is 4. The van der Waals surface area contributed by atoms with Crippen LogP contribution in [-0.2, 0) is 11.8 Å². The van der Waals surface area contributed by atoms with Gasteiger partial charge in [-0.2, -0.15) is 0 Å². The number of hydrogen-bond donors (Lipinski definition) is 1. The van der Waals surface area contributed by atoms with E-state index in [9.17, 15) is 9.18 Å². The largest absolute Gasteiger partial charge is 0.481 e. The summed E-state index contributed by atoms with van der Waals surface area (Å²) in [6.45, 7) is 1.78. The zero-order chi connectivity index (χ0) is 25.1. The Labute approximate surface area is 223 Å². The van der Waals surface area contributed by atoms with E-state index in [1.54, 1.807) is 36.7 Å². The third kappa shape index (κ3) is 6.25. The fourth-order valence-electron chi connectivity index (χ4n) is 3.06. The third-order valence-electron chi connectivity index (χ3n) is 4.72. The van der Waals surface area contributed by atoms with E-state index in [1.165, 1.54) is 41.3 Å². The van der Waals surface area contributed by atoms with Crippen molar-refractivity contribution in [3.05, 3.63) is 68.5 Å². The number of aromatic nitrogens is 4. The fourth-order valence-corrected chi connectivity index (χ4v) is 5.22. The molecule has 0 saturated heterocycles. The summed E-state index contributed by atoms with van der Waals surface area (Å²) in [5.74, 6) is 0.262. The number of thiazole rings is 1. The predicted molar refractivity (Wildman–Crippen MR) is 138 cm³/mol. The minimum atomic E-state index is -0.507. The lowest BCUT2D eigenvalue weighted by atomic mass is 10.2. The van der Waals surface area contributed by atoms with E-state index in [1.807, 2.05) is 5.38 Å². The number of carbonyl (C=O) groups is 1. The van der Waals surface area contributed by atoms with Gasteiger partial charge in [0.05, 0.1) is 21.5 Å². The molecule has 1 unspecified atom stereocenters. The second-order valence-corrected chi connectivity index (χ2v) is 10.3. The molecule has 4 aromatic rings. The van der Waals surface area contributed by atoms with Gasteiger partial charge in [0.25, 0.3) is 0 Å². The second kappa shape index (κ2) is 11.1. The molecule has 0 fully saturated rings. The Balaban J connectivity index is 1.34. The average Bonchev–Trinajstić information content (AvgIpc) is 3.40. The first-order valence-electron chi connectivity index (χ1n) is 10.1. The Morgan fingerprint density at radius 1 is 1.20 bits per heavy atom. The number of carbonyl (C=O) groups excluding carboxylic acids is 1. The molecule has 0 saturated carbocycles. The summed E-state index contributed by atoms with van der Waals surface area (Å²) < 4.78 is 20.8. The van der Waals surface area contributed by atoms with Crippen LogP contribution >= 0.6 is 57.9 Å². The number of benzene rings is 2. The maximum atomic E-state index is 13.3. The first kappa shape index (κ1) is 25.7. The molecule has 2 heterocycles. The van der Waals surface area contributed by atoms with E-state index in [0.29, 0.717) is 37.6 Å². The maximum Gasteiger partial charge on any atom is 0.236 e. The molecular formula is C22H17Cl3FN5O2S2. The van der Waals surface area contributed by atoms with Gasteiger partial charge >= 0.3 is 0 Å². The standard InChI is InChI=1S/C22H17Cl3FN5O2S2/c1-11(33-18-6-4-13(26)8-16(18)25)20-29-30-22(31(20)2)35-10-19(32)28-21-27-17(9-34-21)14-5-3-12(23)7-15(14)24/h3-9,11H,10H2,1-2H3,(H,27,28,32). The number of hydrogen-bond acceptors (Lipinski definition) is 7. The Morgan fingerprint density at radius 3 is 2.74 bits per heavy atom. The quantitative estimate of drug-likeness (QED) is 0.231. The molecule has 13 heteroatoms. The SMILES string of the molecule is CC(Oc1ccc(F)cc1Cl)c1nnc(SCC(=O)Nc2nc(-c3ccc(Cl)cc3Cl)cs2)n1C. The zero-order valence-electron chi connectivity index (χ0n) is 18.3. The number of rotatable bonds is 8. The minimum absolute atomic E-state index is 0.0988. The summed E-state index contributed by atoms with van der Waals surface area (Å²) in [6, 6.07) is 9.04. The summed E-state index contributed by atoms with van der Waals surface area (Å²) in [5, 5.41) is 15.0. The molecule has 0 aliphatic heterocycles. The molecule has 0 bridgehead atoms. The molecule has 0 spiro atoms. The molecule has 2 aromatic carbocycles. The van der Waals surface area contributed by atoms with E-state index in [0.717, 1.165) is 5.56 Å². The van der Waals surface area contributed by atoms with Crippen LogP contribution in [-0.4, -0.2) is 31.4 Å². The van der Waals surface area contributed by atoms with Gasteiger partial charge in [-0.05, 0) is 43.3 Å².